The number of carbonyl (C=O) groups is 1. The summed E-state index contributed by atoms with van der Waals surface area (Å²) in [6, 6.07) is 9.86. The first-order chi connectivity index (χ1) is 31.4. The summed E-state index contributed by atoms with van der Waals surface area (Å²) in [6.45, 7) is 3.04. The van der Waals surface area contributed by atoms with E-state index in [0.717, 1.165) is 109 Å². The maximum atomic E-state index is 15.1. The molecule has 66 heavy (non-hydrogen) atoms. The normalized spacial score (nSPS) is 17.3. The van der Waals surface area contributed by atoms with E-state index in [1.807, 2.05) is 17.4 Å². The van der Waals surface area contributed by atoms with Gasteiger partial charge in [-0.3, -0.25) is 10.2 Å². The number of halogens is 7. The van der Waals surface area contributed by atoms with Crippen molar-refractivity contribution < 1.29 is 55.2 Å². The zero-order valence-electron chi connectivity index (χ0n) is 36.5. The highest BCUT2D eigenvalue weighted by Gasteiger charge is 2.55. The van der Waals surface area contributed by atoms with Crippen molar-refractivity contribution in [1.29, 1.82) is 0 Å². The monoisotopic (exact) mass is 930 g/mol. The molecular formula is C46H53F7N8O5. The van der Waals surface area contributed by atoms with Crippen LogP contribution in [0.2, 0.25) is 0 Å². The number of methoxy groups -OCH3 is 1. The van der Waals surface area contributed by atoms with Crippen molar-refractivity contribution in [2.75, 3.05) is 57.9 Å². The molecule has 2 aliphatic heterocycles. The number of alkyl halides is 5. The second kappa shape index (κ2) is 22.3. The topological polar surface area (TPSA) is 149 Å². The average molecular weight is 931 g/mol. The molecule has 1 unspecified atom stereocenters. The SMILES string of the molecule is COC(=O)N[C@H](C(O)N[C@@H](/C=C/c1ccc(C#Cc2ccc(N3CCN(C4CCOCC4)CC3)nc2)cc1)[C@@H](O)CNCc1c(F)cc(-c2cnn(C(F)F)c2)cc1F)C(C)(C)C(F)(F)F. The number of benzene rings is 2. The Hall–Kier alpha value is -5.56. The van der Waals surface area contributed by atoms with E-state index in [9.17, 15) is 37.0 Å². The van der Waals surface area contributed by atoms with Gasteiger partial charge in [0.1, 0.15) is 23.7 Å². The van der Waals surface area contributed by atoms with Crippen molar-refractivity contribution in [2.24, 2.45) is 5.41 Å². The summed E-state index contributed by atoms with van der Waals surface area (Å²) in [4.78, 5) is 21.6. The van der Waals surface area contributed by atoms with E-state index >= 15 is 8.78 Å². The van der Waals surface area contributed by atoms with Crippen LogP contribution < -0.4 is 20.9 Å². The summed E-state index contributed by atoms with van der Waals surface area (Å²) < 4.78 is 109. The first kappa shape index (κ1) is 49.9. The Labute approximate surface area is 378 Å². The van der Waals surface area contributed by atoms with Gasteiger partial charge in [0.15, 0.2) is 0 Å². The van der Waals surface area contributed by atoms with Gasteiger partial charge in [-0.05, 0) is 74.2 Å². The molecule has 2 aliphatic rings. The van der Waals surface area contributed by atoms with Crippen LogP contribution in [0.15, 0.2) is 73.2 Å². The van der Waals surface area contributed by atoms with Gasteiger partial charge in [-0.1, -0.05) is 36.1 Å². The number of hydrogen-bond donors (Lipinski definition) is 5. The lowest BCUT2D eigenvalue weighted by molar-refractivity contribution is -0.230. The molecule has 0 saturated carbocycles. The van der Waals surface area contributed by atoms with E-state index in [1.54, 1.807) is 30.5 Å². The lowest BCUT2D eigenvalue weighted by atomic mass is 9.82. The number of hydrogen-bond acceptors (Lipinski definition) is 11. The van der Waals surface area contributed by atoms with Gasteiger partial charge < -0.3 is 35.2 Å². The zero-order valence-corrected chi connectivity index (χ0v) is 36.5. The largest absolute Gasteiger partial charge is 0.453 e. The van der Waals surface area contributed by atoms with Crippen molar-refractivity contribution >= 4 is 18.0 Å². The van der Waals surface area contributed by atoms with Gasteiger partial charge in [0.05, 0.1) is 36.9 Å². The Bertz CT molecular complexity index is 2280. The van der Waals surface area contributed by atoms with E-state index in [0.29, 0.717) is 21.9 Å². The molecular weight excluding hydrogens is 878 g/mol. The number of amides is 1. The van der Waals surface area contributed by atoms with Crippen molar-refractivity contribution in [2.45, 2.75) is 76.4 Å². The molecule has 0 aliphatic carbocycles. The minimum Gasteiger partial charge on any atom is -0.453 e. The Balaban J connectivity index is 1.12. The number of anilines is 1. The van der Waals surface area contributed by atoms with Crippen LogP contribution in [-0.2, 0) is 16.0 Å². The number of aliphatic hydroxyl groups excluding tert-OH is 2. The summed E-state index contributed by atoms with van der Waals surface area (Å²) in [5, 5.41) is 33.3. The maximum Gasteiger partial charge on any atom is 0.407 e. The Morgan fingerprint density at radius 3 is 2.20 bits per heavy atom. The van der Waals surface area contributed by atoms with Crippen LogP contribution in [0.5, 0.6) is 0 Å². The predicted octanol–water partition coefficient (Wildman–Crippen LogP) is 6.07. The third-order valence-electron chi connectivity index (χ3n) is 11.8. The first-order valence-electron chi connectivity index (χ1n) is 21.3. The number of aromatic nitrogens is 3. The summed E-state index contributed by atoms with van der Waals surface area (Å²) in [5.74, 6) is 5.04. The summed E-state index contributed by atoms with van der Waals surface area (Å²) in [6.07, 6.45) is -1.14. The second-order valence-corrected chi connectivity index (χ2v) is 16.6. The third-order valence-corrected chi connectivity index (χ3v) is 11.8. The Morgan fingerprint density at radius 2 is 1.61 bits per heavy atom. The van der Waals surface area contributed by atoms with Crippen LogP contribution in [-0.4, -0.2) is 126 Å². The van der Waals surface area contributed by atoms with Crippen LogP contribution in [0.3, 0.4) is 0 Å². The van der Waals surface area contributed by atoms with E-state index in [2.05, 4.69) is 47.1 Å². The fourth-order valence-corrected chi connectivity index (χ4v) is 7.66. The van der Waals surface area contributed by atoms with E-state index in [1.165, 1.54) is 12.2 Å². The molecule has 2 saturated heterocycles. The van der Waals surface area contributed by atoms with Crippen molar-refractivity contribution in [1.82, 2.24) is 35.6 Å². The molecule has 1 amide bonds. The molecule has 13 nitrogen and oxygen atoms in total. The van der Waals surface area contributed by atoms with Crippen LogP contribution in [0.1, 0.15) is 55.5 Å². The molecule has 6 rings (SSSR count). The van der Waals surface area contributed by atoms with E-state index < -0.39 is 78.9 Å². The Kier molecular flexibility index (Phi) is 16.8. The number of alkyl carbamates (subject to hydrolysis) is 1. The second-order valence-electron chi connectivity index (χ2n) is 16.6. The van der Waals surface area contributed by atoms with Gasteiger partial charge >= 0.3 is 18.8 Å². The molecule has 2 aromatic carbocycles. The highest BCUT2D eigenvalue weighted by molar-refractivity contribution is 5.67. The van der Waals surface area contributed by atoms with Crippen LogP contribution in [0.4, 0.5) is 41.3 Å². The highest BCUT2D eigenvalue weighted by Crippen LogP contribution is 2.41. The van der Waals surface area contributed by atoms with Gasteiger partial charge in [0, 0.05) is 93.2 Å². The lowest BCUT2D eigenvalue weighted by Gasteiger charge is -2.41. The first-order valence-corrected chi connectivity index (χ1v) is 21.3. The molecule has 0 spiro atoms. The fourth-order valence-electron chi connectivity index (χ4n) is 7.66. The van der Waals surface area contributed by atoms with Gasteiger partial charge in [-0.25, -0.2) is 23.2 Å². The average Bonchev–Trinajstić information content (AvgIpc) is 3.81. The number of nitrogens with one attached hydrogen (secondary N) is 3. The van der Waals surface area contributed by atoms with Crippen molar-refractivity contribution in [3.8, 4) is 23.0 Å². The number of piperazine rings is 1. The summed E-state index contributed by atoms with van der Waals surface area (Å²) in [5.41, 5.74) is -1.22. The van der Waals surface area contributed by atoms with Crippen molar-refractivity contribution in [3.05, 3.63) is 107 Å². The number of nitrogens with zero attached hydrogens (tertiary/aromatic N) is 5. The molecule has 0 radical (unpaired) electrons. The van der Waals surface area contributed by atoms with Gasteiger partial charge in [-0.15, -0.1) is 0 Å². The summed E-state index contributed by atoms with van der Waals surface area (Å²) in [7, 11) is 0.941. The molecule has 5 N–H and O–H groups in total. The van der Waals surface area contributed by atoms with Crippen molar-refractivity contribution in [3.63, 3.8) is 0 Å². The quantitative estimate of drug-likeness (QED) is 0.0507. The van der Waals surface area contributed by atoms with Crippen LogP contribution in [0, 0.1) is 28.9 Å². The number of carbonyl (C=O) groups excluding carboxylic acids is 1. The minimum atomic E-state index is -4.93. The Morgan fingerprint density at radius 1 is 0.955 bits per heavy atom. The number of rotatable bonds is 16. The van der Waals surface area contributed by atoms with Gasteiger partial charge in [0.25, 0.3) is 0 Å². The minimum absolute atomic E-state index is 0.0446. The molecule has 4 aromatic rings. The maximum absolute atomic E-state index is 15.1. The standard InChI is InChI=1S/C46H53F7N8O5/c1-45(2,46(51,52)53)41(58-44(64)65-3)42(63)57-38(39(62)27-54-26-35-36(47)22-32(23-37(35)48)33-25-56-61(28-33)43(49)50)12-10-30-6-4-29(5-7-30)8-9-31-11-13-40(55-24-31)60-18-16-59(17-19-60)34-14-20-66-21-15-34/h4-7,10-13,22-25,28,34,38-39,41-43,54,57,62-63H,14-21,26-27H2,1-3H3,(H,58,64)/b12-10+/t38-,39-,41+,42?/m0/s1. The zero-order chi connectivity index (χ0) is 47.6. The van der Waals surface area contributed by atoms with Gasteiger partial charge in [-0.2, -0.15) is 27.1 Å². The molecule has 356 valence electrons. The van der Waals surface area contributed by atoms with Gasteiger partial charge in [0.2, 0.25) is 0 Å². The fraction of sp³-hybridized carbons (Fsp3) is 0.457. The predicted molar refractivity (Wildman–Crippen MR) is 232 cm³/mol. The third kappa shape index (κ3) is 12.9. The smallest absolute Gasteiger partial charge is 0.407 e. The molecule has 4 heterocycles. The number of aliphatic hydroxyl groups is 2. The summed E-state index contributed by atoms with van der Waals surface area (Å²) >= 11 is 0. The lowest BCUT2D eigenvalue weighted by Crippen LogP contribution is -2.63. The highest BCUT2D eigenvalue weighted by atomic mass is 19.4. The van der Waals surface area contributed by atoms with E-state index in [-0.39, 0.29) is 11.1 Å². The number of ether oxygens (including phenoxy) is 2. The molecule has 20 heteroatoms. The molecule has 4 atom stereocenters. The van der Waals surface area contributed by atoms with E-state index in [4.69, 9.17) is 4.74 Å². The molecule has 2 fully saturated rings. The molecule has 2 aromatic heterocycles. The molecule has 0 bridgehead atoms. The number of pyridine rings is 1. The van der Waals surface area contributed by atoms with Crippen LogP contribution >= 0.6 is 0 Å². The van der Waals surface area contributed by atoms with Crippen LogP contribution in [0.25, 0.3) is 17.2 Å².